The van der Waals surface area contributed by atoms with Gasteiger partial charge < -0.3 is 40.6 Å². The number of hydrogen-bond donors (Lipinski definition) is 3. The van der Waals surface area contributed by atoms with Crippen molar-refractivity contribution < 1.29 is 82.0 Å². The van der Waals surface area contributed by atoms with E-state index < -0.39 is 17.9 Å². The molecule has 0 spiro atoms. The predicted octanol–water partition coefficient (Wildman–Crippen LogP) is 11.5. The molecule has 2 aliphatic heterocycles. The van der Waals surface area contributed by atoms with Crippen molar-refractivity contribution in [1.82, 2.24) is 25.3 Å². The van der Waals surface area contributed by atoms with Crippen molar-refractivity contribution in [3.05, 3.63) is 227 Å². The fourth-order valence-corrected chi connectivity index (χ4v) is 10.7. The van der Waals surface area contributed by atoms with Crippen LogP contribution in [0.5, 0.6) is 11.5 Å². The molecule has 2 atom stereocenters. The van der Waals surface area contributed by atoms with Crippen molar-refractivity contribution >= 4 is 152 Å². The number of carbonyl (C=O) groups is 7. The number of nitrogens with zero attached hydrogens (tertiary/aromatic N) is 4. The summed E-state index contributed by atoms with van der Waals surface area (Å²) >= 11 is 38.5. The molecule has 0 saturated heterocycles. The van der Waals surface area contributed by atoms with Crippen molar-refractivity contribution in [1.29, 1.82) is 0 Å². The first-order chi connectivity index (χ1) is 43.6. The summed E-state index contributed by atoms with van der Waals surface area (Å²) in [5.74, 6) is -0.547. The molecule has 480 valence electrons. The number of nitrogens with two attached hydrogens (primary N) is 1. The maximum atomic E-state index is 12.2. The second kappa shape index (κ2) is 41.0. The Morgan fingerprint density at radius 3 is 1.35 bits per heavy atom. The van der Waals surface area contributed by atoms with Crippen LogP contribution in [0, 0.1) is 0 Å². The summed E-state index contributed by atoms with van der Waals surface area (Å²) in [7, 11) is 2.63. The van der Waals surface area contributed by atoms with Crippen LogP contribution in [-0.4, -0.2) is 112 Å². The van der Waals surface area contributed by atoms with E-state index in [1.807, 2.05) is 42.5 Å². The first-order valence-corrected chi connectivity index (χ1v) is 30.6. The topological polar surface area (TPSA) is 296 Å². The molecule has 0 saturated carbocycles. The van der Waals surface area contributed by atoms with Gasteiger partial charge in [0.15, 0.2) is 17.9 Å². The molecular weight excluding hydrogens is 1360 g/mol. The number of halogens is 6. The van der Waals surface area contributed by atoms with E-state index in [0.29, 0.717) is 84.2 Å². The number of hydrogen-bond acceptors (Lipinski definition) is 19. The van der Waals surface area contributed by atoms with Crippen molar-refractivity contribution in [3.63, 3.8) is 0 Å². The number of aromatic nitrogens is 4. The molecule has 8 aromatic rings. The molecule has 10 rings (SSSR count). The number of ketones is 2. The molecule has 19 nitrogen and oxygen atoms in total. The third-order valence-electron chi connectivity index (χ3n) is 12.0. The number of aldehydes is 1. The molecular formula is C65H57Cl6LiN6O13S2. The van der Waals surface area contributed by atoms with Gasteiger partial charge in [-0.2, -0.15) is 0 Å². The maximum absolute atomic E-state index is 12.2. The number of methoxy groups -OCH3 is 2. The molecule has 93 heavy (non-hydrogen) atoms. The van der Waals surface area contributed by atoms with Gasteiger partial charge in [-0.25, -0.2) is 34.3 Å². The van der Waals surface area contributed by atoms with Crippen LogP contribution in [0.4, 0.5) is 0 Å². The third-order valence-corrected chi connectivity index (χ3v) is 16.3. The van der Waals surface area contributed by atoms with E-state index in [0.717, 1.165) is 61.2 Å². The molecule has 6 aromatic heterocycles. The van der Waals surface area contributed by atoms with Gasteiger partial charge in [0.2, 0.25) is 5.91 Å². The number of carboxylic acids is 1. The molecule has 8 heterocycles. The fourth-order valence-electron chi connectivity index (χ4n) is 7.63. The Morgan fingerprint density at radius 2 is 1.01 bits per heavy atom. The zero-order chi connectivity index (χ0) is 66.6. The number of amides is 1. The van der Waals surface area contributed by atoms with Gasteiger partial charge in [0.25, 0.3) is 0 Å². The average molecular weight is 1410 g/mol. The summed E-state index contributed by atoms with van der Waals surface area (Å²) in [5.41, 5.74) is 12.1. The van der Waals surface area contributed by atoms with Crippen LogP contribution in [0.1, 0.15) is 71.4 Å². The molecule has 0 bridgehead atoms. The predicted molar refractivity (Wildman–Crippen MR) is 361 cm³/mol. The average Bonchev–Trinajstić information content (AvgIpc) is 1.67. The number of esters is 2. The maximum Gasteiger partial charge on any atom is 1.00 e. The van der Waals surface area contributed by atoms with Gasteiger partial charge in [-0.15, -0.1) is 22.7 Å². The zero-order valence-corrected chi connectivity index (χ0v) is 56.4. The number of nitrogens with one attached hydrogen (secondary N) is 1. The second-order valence-electron chi connectivity index (χ2n) is 18.4. The number of rotatable bonds is 15. The standard InChI is InChI=1S/C23H18Cl2N2O3S.C15H14ClNO2S.C9H8ClNO2.C8H6ClNO2.C6H4ClNO.C4H6O2.Li.H2O/c1-13(28)19-5-6-20(31-19)15-9-16-10-17(30-22(16)18(24)11-15)12-27-21(29)7-4-14-3-2-8-26-23(14)25;1-8(18)13-2-3-14(20-13)9-4-10-5-11(7-17)19-15(10)12(16)6-9;1-13-8(12)5-4-7-3-2-6-11-9(7)10;9-8-6(2-1-5-10-8)3-4-7(11)12;7-6-5(4-9)2-1-3-8-6;1-3-4(5)6-2;;/h2-9,11,17H,10,12H2,1H3,(H,27,29);2-4,6,11H,5,7,17H2,1H3;2-6H,1H3;1-5H,(H,11,12);1-4H;3H,1H2,2H3;;1H2/q;;;;;;+1;/p-1/b7-4+;;5-4+;4-3+;;;;. The Balaban J connectivity index is 0.000000315. The number of benzene rings is 2. The van der Waals surface area contributed by atoms with E-state index in [-0.39, 0.29) is 59.2 Å². The second-order valence-corrected chi connectivity index (χ2v) is 22.9. The molecule has 2 unspecified atom stereocenters. The Labute approximate surface area is 585 Å². The van der Waals surface area contributed by atoms with Crippen LogP contribution < -0.4 is 39.4 Å². The number of ether oxygens (including phenoxy) is 4. The summed E-state index contributed by atoms with van der Waals surface area (Å²) in [6.07, 6.45) is 17.6. The van der Waals surface area contributed by atoms with Gasteiger partial charge in [-0.3, -0.25) is 19.2 Å². The normalized spacial score (nSPS) is 12.7. The molecule has 2 aromatic carbocycles. The summed E-state index contributed by atoms with van der Waals surface area (Å²) in [6.45, 7) is 7.11. The van der Waals surface area contributed by atoms with Crippen LogP contribution in [0.15, 0.2) is 153 Å². The van der Waals surface area contributed by atoms with E-state index in [1.54, 1.807) is 93.1 Å². The van der Waals surface area contributed by atoms with Crippen molar-refractivity contribution in [2.45, 2.75) is 38.9 Å². The van der Waals surface area contributed by atoms with Gasteiger partial charge in [0.05, 0.1) is 46.1 Å². The SMILES string of the molecule is C=CC(=O)OC.CC(=O)c1ccc(-c2cc(Cl)c3c(c2)CC(CN)O3)s1.CC(=O)c1ccc(-c2cc(Cl)c3c(c2)CC(CNC(=O)/C=C/c2cccnc2Cl)O3)s1.COC(=O)/C=C/c1cccnc1Cl.O=C(O)/C=C/c1cccnc1Cl.O=Cc1cccnc1Cl.[Li+].[OH-]. The quantitative estimate of drug-likeness (QED) is 0.0214. The van der Waals surface area contributed by atoms with Crippen LogP contribution in [0.3, 0.4) is 0 Å². The number of aliphatic carboxylic acids is 1. The Kier molecular flexibility index (Phi) is 35.0. The number of thiophene rings is 2. The molecule has 5 N–H and O–H groups in total. The molecule has 2 aliphatic rings. The Hall–Kier alpha value is -7.85. The van der Waals surface area contributed by atoms with Gasteiger partial charge in [-0.1, -0.05) is 94.4 Å². The van der Waals surface area contributed by atoms with Crippen LogP contribution in [0.25, 0.3) is 39.1 Å². The fraction of sp³-hybridized carbons (Fsp3) is 0.154. The van der Waals surface area contributed by atoms with E-state index in [2.05, 4.69) is 47.4 Å². The number of carbonyl (C=O) groups excluding carboxylic acids is 6. The van der Waals surface area contributed by atoms with Crippen LogP contribution in [-0.2, 0) is 41.5 Å². The molecule has 28 heteroatoms. The number of fused-ring (bicyclic) bond motifs is 2. The minimum atomic E-state index is -1.00. The Morgan fingerprint density at radius 1 is 0.613 bits per heavy atom. The smallest absolute Gasteiger partial charge is 0.870 e. The summed E-state index contributed by atoms with van der Waals surface area (Å²) in [5, 5.41) is 13.5. The first kappa shape index (κ1) is 79.4. The summed E-state index contributed by atoms with van der Waals surface area (Å²) < 4.78 is 20.2. The molecule has 0 aliphatic carbocycles. The number of pyridine rings is 4. The van der Waals surface area contributed by atoms with Crippen LogP contribution >= 0.6 is 92.3 Å². The molecule has 1 amide bonds. The van der Waals surface area contributed by atoms with E-state index in [4.69, 9.17) is 89.9 Å². The van der Waals surface area contributed by atoms with Crippen molar-refractivity contribution in [2.24, 2.45) is 5.73 Å². The number of Topliss-reactive ketones (excluding diaryl/α,β-unsaturated/α-hetero) is 2. The molecule has 0 fully saturated rings. The number of carboxylic acid groups (broad SMARTS) is 1. The van der Waals surface area contributed by atoms with Gasteiger partial charge >= 0.3 is 36.8 Å². The van der Waals surface area contributed by atoms with E-state index in [1.165, 1.54) is 61.3 Å². The minimum Gasteiger partial charge on any atom is -0.870 e. The van der Waals surface area contributed by atoms with Gasteiger partial charge in [0.1, 0.15) is 44.3 Å². The third kappa shape index (κ3) is 25.9. The van der Waals surface area contributed by atoms with Gasteiger partial charge in [0, 0.05) is 106 Å². The largest absolute Gasteiger partial charge is 1.00 e. The molecule has 0 radical (unpaired) electrons. The van der Waals surface area contributed by atoms with Gasteiger partial charge in [-0.05, 0) is 122 Å². The monoisotopic (exact) mass is 1410 g/mol. The van der Waals surface area contributed by atoms with E-state index >= 15 is 0 Å². The van der Waals surface area contributed by atoms with E-state index in [9.17, 15) is 33.6 Å². The van der Waals surface area contributed by atoms with Crippen molar-refractivity contribution in [2.75, 3.05) is 27.3 Å². The summed E-state index contributed by atoms with van der Waals surface area (Å²) in [6, 6.07) is 29.1. The first-order valence-electron chi connectivity index (χ1n) is 26.7. The Bertz CT molecular complexity index is 4000. The summed E-state index contributed by atoms with van der Waals surface area (Å²) in [4.78, 5) is 94.7. The minimum absolute atomic E-state index is 0. The van der Waals surface area contributed by atoms with Crippen LogP contribution in [0.2, 0.25) is 30.7 Å². The zero-order valence-electron chi connectivity index (χ0n) is 50.2. The van der Waals surface area contributed by atoms with Crippen molar-refractivity contribution in [3.8, 4) is 32.4 Å².